The minimum atomic E-state index is 1.33. The lowest BCUT2D eigenvalue weighted by Crippen LogP contribution is -2.01. The molecule has 0 radical (unpaired) electrons. The molecule has 0 atom stereocenters. The first-order chi connectivity index (χ1) is 5.38. The summed E-state index contributed by atoms with van der Waals surface area (Å²) in [5, 5.41) is 2.68. The second-order valence-electron chi connectivity index (χ2n) is 2.80. The molecule has 0 saturated heterocycles. The molecule has 52 valence electrons. The van der Waals surface area contributed by atoms with Gasteiger partial charge >= 0.3 is 0 Å². The number of hydrogen-bond donors (Lipinski definition) is 0. The van der Waals surface area contributed by atoms with Crippen molar-refractivity contribution < 1.29 is 0 Å². The van der Waals surface area contributed by atoms with E-state index in [1.807, 2.05) is 0 Å². The highest BCUT2D eigenvalue weighted by molar-refractivity contribution is 6.38. The van der Waals surface area contributed by atoms with Crippen LogP contribution in [0.1, 0.15) is 0 Å². The molecule has 0 fully saturated rings. The molecule has 0 bridgehead atoms. The van der Waals surface area contributed by atoms with Crippen molar-refractivity contribution in [2.75, 3.05) is 0 Å². The van der Waals surface area contributed by atoms with Crippen LogP contribution in [0, 0.1) is 0 Å². The van der Waals surface area contributed by atoms with Crippen molar-refractivity contribution in [3.05, 3.63) is 42.5 Å². The minimum absolute atomic E-state index is 1.33. The van der Waals surface area contributed by atoms with Crippen molar-refractivity contribution in [3.8, 4) is 0 Å². The molecule has 2 aromatic carbocycles. The second kappa shape index (κ2) is 2.42. The van der Waals surface area contributed by atoms with Crippen LogP contribution in [0.2, 0.25) is 0 Å². The molecule has 0 aromatic heterocycles. The third-order valence-corrected chi connectivity index (χ3v) is 2.01. The molecule has 0 amide bonds. The van der Waals surface area contributed by atoms with E-state index in [0.29, 0.717) is 0 Å². The van der Waals surface area contributed by atoms with E-state index in [9.17, 15) is 0 Å². The van der Waals surface area contributed by atoms with Crippen LogP contribution in [0.3, 0.4) is 0 Å². The monoisotopic (exact) mass is 140 g/mol. The zero-order chi connectivity index (χ0) is 7.68. The Kier molecular flexibility index (Phi) is 1.43. The molecule has 0 aliphatic heterocycles. The molecule has 0 saturated carbocycles. The van der Waals surface area contributed by atoms with Crippen LogP contribution in [0.5, 0.6) is 0 Å². The van der Waals surface area contributed by atoms with Crippen LogP contribution in [0.4, 0.5) is 0 Å². The molecule has 2 rings (SSSR count). The van der Waals surface area contributed by atoms with Gasteiger partial charge in [-0.3, -0.25) is 0 Å². The second-order valence-corrected chi connectivity index (χ2v) is 2.80. The molecule has 0 aliphatic rings. The van der Waals surface area contributed by atoms with Crippen LogP contribution in [-0.4, -0.2) is 7.85 Å². The molecule has 0 spiro atoms. The van der Waals surface area contributed by atoms with Gasteiger partial charge in [0.1, 0.15) is 7.85 Å². The van der Waals surface area contributed by atoms with Gasteiger partial charge in [0.25, 0.3) is 0 Å². The Morgan fingerprint density at radius 1 is 0.818 bits per heavy atom. The molecule has 0 heterocycles. The van der Waals surface area contributed by atoms with E-state index in [1.165, 1.54) is 16.2 Å². The largest absolute Gasteiger partial charge is 0.140 e. The first-order valence-electron chi connectivity index (χ1n) is 3.82. The third kappa shape index (κ3) is 1.03. The van der Waals surface area contributed by atoms with E-state index in [2.05, 4.69) is 50.3 Å². The third-order valence-electron chi connectivity index (χ3n) is 2.01. The van der Waals surface area contributed by atoms with E-state index >= 15 is 0 Å². The summed E-state index contributed by atoms with van der Waals surface area (Å²) < 4.78 is 0. The van der Waals surface area contributed by atoms with Gasteiger partial charge in [-0.25, -0.2) is 0 Å². The maximum Gasteiger partial charge on any atom is 0.140 e. The maximum absolute atomic E-state index is 2.16. The lowest BCUT2D eigenvalue weighted by molar-refractivity contribution is 1.78. The summed E-state index contributed by atoms with van der Waals surface area (Å²) >= 11 is 0. The summed E-state index contributed by atoms with van der Waals surface area (Å²) in [6.07, 6.45) is 0. The van der Waals surface area contributed by atoms with Crippen LogP contribution in [-0.2, 0) is 0 Å². The molecule has 1 heteroatoms. The first-order valence-corrected chi connectivity index (χ1v) is 3.82. The van der Waals surface area contributed by atoms with Crippen molar-refractivity contribution in [1.82, 2.24) is 0 Å². The average Bonchev–Trinajstić information content (AvgIpc) is 2.06. The van der Waals surface area contributed by atoms with Gasteiger partial charge in [-0.15, -0.1) is 0 Å². The molecular formula is C10H9B. The Morgan fingerprint density at radius 3 is 2.36 bits per heavy atom. The quantitative estimate of drug-likeness (QED) is 0.480. The molecule has 2 aromatic rings. The lowest BCUT2D eigenvalue weighted by Gasteiger charge is -1.99. The predicted octanol–water partition coefficient (Wildman–Crippen LogP) is 1.10. The number of hydrogen-bond acceptors (Lipinski definition) is 0. The van der Waals surface area contributed by atoms with Gasteiger partial charge in [-0.1, -0.05) is 47.9 Å². The smallest absolute Gasteiger partial charge is 0.0813 e. The molecule has 0 N–H and O–H groups in total. The lowest BCUT2D eigenvalue weighted by atomic mass is 9.90. The van der Waals surface area contributed by atoms with E-state index in [1.54, 1.807) is 0 Å². The summed E-state index contributed by atoms with van der Waals surface area (Å²) in [4.78, 5) is 0. The Labute approximate surface area is 67.3 Å². The number of rotatable bonds is 0. The maximum atomic E-state index is 2.16. The van der Waals surface area contributed by atoms with Gasteiger partial charge in [0, 0.05) is 0 Å². The van der Waals surface area contributed by atoms with Gasteiger partial charge in [0.05, 0.1) is 0 Å². The highest BCUT2D eigenvalue weighted by atomic mass is 13.9. The van der Waals surface area contributed by atoms with E-state index < -0.39 is 0 Å². The van der Waals surface area contributed by atoms with E-state index in [4.69, 9.17) is 0 Å². The Bertz CT molecular complexity index is 374. The van der Waals surface area contributed by atoms with Crippen molar-refractivity contribution in [2.24, 2.45) is 0 Å². The average molecular weight is 140 g/mol. The highest BCUT2D eigenvalue weighted by Gasteiger charge is 1.91. The zero-order valence-electron chi connectivity index (χ0n) is 6.54. The molecule has 0 nitrogen and oxygen atoms in total. The highest BCUT2D eigenvalue weighted by Crippen LogP contribution is 2.08. The van der Waals surface area contributed by atoms with Crippen molar-refractivity contribution in [1.29, 1.82) is 0 Å². The molecular weight excluding hydrogens is 131 g/mol. The van der Waals surface area contributed by atoms with Gasteiger partial charge in [-0.2, -0.15) is 0 Å². The summed E-state index contributed by atoms with van der Waals surface area (Å²) in [6.45, 7) is 0. The Hall–Kier alpha value is -1.24. The van der Waals surface area contributed by atoms with Crippen molar-refractivity contribution in [3.63, 3.8) is 0 Å². The topological polar surface area (TPSA) is 0 Å². The van der Waals surface area contributed by atoms with Crippen LogP contribution in [0.25, 0.3) is 10.8 Å². The predicted molar refractivity (Wildman–Crippen MR) is 52.1 cm³/mol. The normalized spacial score (nSPS) is 10.2. The fourth-order valence-electron chi connectivity index (χ4n) is 1.39. The van der Waals surface area contributed by atoms with Crippen LogP contribution < -0.4 is 5.46 Å². The van der Waals surface area contributed by atoms with Gasteiger partial charge in [0.2, 0.25) is 0 Å². The number of benzene rings is 2. The minimum Gasteiger partial charge on any atom is -0.0813 e. The Morgan fingerprint density at radius 2 is 1.55 bits per heavy atom. The SMILES string of the molecule is Bc1cccc2ccccc12. The molecule has 11 heavy (non-hydrogen) atoms. The van der Waals surface area contributed by atoms with Gasteiger partial charge in [-0.05, 0) is 10.8 Å². The van der Waals surface area contributed by atoms with E-state index in [-0.39, 0.29) is 0 Å². The zero-order valence-corrected chi connectivity index (χ0v) is 6.54. The molecule has 0 aliphatic carbocycles. The summed E-state index contributed by atoms with van der Waals surface area (Å²) in [7, 11) is 2.14. The Balaban J connectivity index is 2.91. The van der Waals surface area contributed by atoms with Gasteiger partial charge < -0.3 is 0 Å². The van der Waals surface area contributed by atoms with Gasteiger partial charge in [0.15, 0.2) is 0 Å². The van der Waals surface area contributed by atoms with Crippen LogP contribution >= 0.6 is 0 Å². The van der Waals surface area contributed by atoms with E-state index in [0.717, 1.165) is 0 Å². The fourth-order valence-corrected chi connectivity index (χ4v) is 1.39. The standard InChI is InChI=1S/C10H9B/c11-10-7-3-5-8-4-1-2-6-9(8)10/h1-7H,11H2. The summed E-state index contributed by atoms with van der Waals surface area (Å²) in [5.41, 5.74) is 1.35. The van der Waals surface area contributed by atoms with Crippen molar-refractivity contribution in [2.45, 2.75) is 0 Å². The first kappa shape index (κ1) is 6.47. The summed E-state index contributed by atoms with van der Waals surface area (Å²) in [6, 6.07) is 14.8. The fraction of sp³-hybridized carbons (Fsp3) is 0. The number of fused-ring (bicyclic) bond motifs is 1. The van der Waals surface area contributed by atoms with Crippen molar-refractivity contribution >= 4 is 24.1 Å². The van der Waals surface area contributed by atoms with Crippen LogP contribution in [0.15, 0.2) is 42.5 Å². The summed E-state index contributed by atoms with van der Waals surface area (Å²) in [5.74, 6) is 0. The molecule has 0 unspecified atom stereocenters.